The quantitative estimate of drug-likeness (QED) is 0.722. The Morgan fingerprint density at radius 3 is 2.48 bits per heavy atom. The molecule has 5 N–H and O–H groups in total. The summed E-state index contributed by atoms with van der Waals surface area (Å²) in [6.07, 6.45) is 0. The molecule has 2 atom stereocenters. The van der Waals surface area contributed by atoms with E-state index in [2.05, 4.69) is 16.0 Å². The number of H-pyrrole nitrogens is 1. The number of pyridine rings is 1. The lowest BCUT2D eigenvalue weighted by molar-refractivity contribution is 0.710. The standard InChI is InChI=1S/C16H12N6O/c17-6-9-11(8-4-2-1-3-5-8)12-13(21-14(9)19)10(7-18)16(23)22-15(12)20/h1-5,9,11H,(H2,19,21)(H3,20,22,23)/t9-,11+/m1/s1. The smallest absolute Gasteiger partial charge is 0.269 e. The Morgan fingerprint density at radius 1 is 1.17 bits per heavy atom. The van der Waals surface area contributed by atoms with Gasteiger partial charge in [0.05, 0.1) is 11.8 Å². The molecular formula is C16H12N6O. The number of anilines is 1. The number of nitriles is 2. The molecule has 1 aliphatic heterocycles. The maximum absolute atomic E-state index is 11.9. The lowest BCUT2D eigenvalue weighted by atomic mass is 9.78. The van der Waals surface area contributed by atoms with Crippen LogP contribution in [0.3, 0.4) is 0 Å². The van der Waals surface area contributed by atoms with Gasteiger partial charge in [-0.05, 0) is 5.56 Å². The maximum Gasteiger partial charge on any atom is 0.269 e. The van der Waals surface area contributed by atoms with Gasteiger partial charge < -0.3 is 16.5 Å². The fraction of sp³-hybridized carbons (Fsp3) is 0.125. The highest BCUT2D eigenvalue weighted by Crippen LogP contribution is 2.44. The number of fused-ring (bicyclic) bond motifs is 1. The number of nitrogens with two attached hydrogens (primary N) is 2. The van der Waals surface area contributed by atoms with Gasteiger partial charge >= 0.3 is 0 Å². The highest BCUT2D eigenvalue weighted by atomic mass is 16.1. The van der Waals surface area contributed by atoms with E-state index < -0.39 is 17.4 Å². The topological polar surface area (TPSA) is 145 Å². The second-order valence-electron chi connectivity index (χ2n) is 5.15. The number of rotatable bonds is 1. The van der Waals surface area contributed by atoms with Crippen LogP contribution in [0.25, 0.3) is 0 Å². The van der Waals surface area contributed by atoms with Crippen molar-refractivity contribution in [3.05, 3.63) is 57.4 Å². The summed E-state index contributed by atoms with van der Waals surface area (Å²) in [5, 5.41) is 18.7. The van der Waals surface area contributed by atoms with Crippen LogP contribution in [-0.4, -0.2) is 10.8 Å². The number of aromatic nitrogens is 1. The van der Waals surface area contributed by atoms with Gasteiger partial charge in [0.15, 0.2) is 0 Å². The third kappa shape index (κ3) is 2.12. The third-order valence-electron chi connectivity index (χ3n) is 3.87. The average Bonchev–Trinajstić information content (AvgIpc) is 2.54. The number of nitrogens with zero attached hydrogens (tertiary/aromatic N) is 3. The molecule has 0 spiro atoms. The number of aromatic amines is 1. The van der Waals surface area contributed by atoms with E-state index in [4.69, 9.17) is 11.5 Å². The number of aliphatic imine (C=N–C) groups is 1. The van der Waals surface area contributed by atoms with Gasteiger partial charge in [-0.25, -0.2) is 4.99 Å². The molecule has 0 unspecified atom stereocenters. The first-order chi connectivity index (χ1) is 11.1. The molecule has 0 bridgehead atoms. The van der Waals surface area contributed by atoms with Crippen molar-refractivity contribution in [3.8, 4) is 12.1 Å². The molecular weight excluding hydrogens is 292 g/mol. The SMILES string of the molecule is N#Cc1c2c(c(N)[nH]c1=O)[C@@H](c1ccccc1)[C@@H](C#N)C(N)=N2. The first-order valence-electron chi connectivity index (χ1n) is 6.82. The van der Waals surface area contributed by atoms with Crippen molar-refractivity contribution in [2.24, 2.45) is 16.6 Å². The van der Waals surface area contributed by atoms with Crippen molar-refractivity contribution in [1.29, 1.82) is 10.5 Å². The van der Waals surface area contributed by atoms with Crippen LogP contribution in [0.15, 0.2) is 40.1 Å². The Labute approximate surface area is 131 Å². The maximum atomic E-state index is 11.9. The minimum atomic E-state index is -0.732. The summed E-state index contributed by atoms with van der Waals surface area (Å²) in [5.41, 5.74) is 12.5. The number of nitrogens with one attached hydrogen (secondary N) is 1. The summed E-state index contributed by atoms with van der Waals surface area (Å²) < 4.78 is 0. The molecule has 7 heteroatoms. The van der Waals surface area contributed by atoms with E-state index >= 15 is 0 Å². The summed E-state index contributed by atoms with van der Waals surface area (Å²) in [5.74, 6) is -1.08. The molecule has 0 saturated heterocycles. The number of hydrogen-bond acceptors (Lipinski definition) is 6. The summed E-state index contributed by atoms with van der Waals surface area (Å²) in [6.45, 7) is 0. The fourth-order valence-corrected chi connectivity index (χ4v) is 2.85. The van der Waals surface area contributed by atoms with Crippen molar-refractivity contribution < 1.29 is 0 Å². The van der Waals surface area contributed by atoms with Crippen LogP contribution < -0.4 is 17.0 Å². The molecule has 7 nitrogen and oxygen atoms in total. The number of nitrogen functional groups attached to an aromatic ring is 1. The van der Waals surface area contributed by atoms with Crippen molar-refractivity contribution >= 4 is 17.3 Å². The molecule has 0 aliphatic carbocycles. The first kappa shape index (κ1) is 14.4. The first-order valence-corrected chi connectivity index (χ1v) is 6.82. The Morgan fingerprint density at radius 2 is 1.87 bits per heavy atom. The molecule has 23 heavy (non-hydrogen) atoms. The molecule has 1 aromatic carbocycles. The van der Waals surface area contributed by atoms with E-state index in [1.807, 2.05) is 36.4 Å². The van der Waals surface area contributed by atoms with Gasteiger partial charge in [-0.2, -0.15) is 10.5 Å². The fourth-order valence-electron chi connectivity index (χ4n) is 2.85. The summed E-state index contributed by atoms with van der Waals surface area (Å²) in [4.78, 5) is 18.5. The van der Waals surface area contributed by atoms with Crippen molar-refractivity contribution in [2.45, 2.75) is 5.92 Å². The summed E-state index contributed by atoms with van der Waals surface area (Å²) >= 11 is 0. The Balaban J connectivity index is 2.40. The largest absolute Gasteiger partial charge is 0.386 e. The Hall–Kier alpha value is -3.58. The van der Waals surface area contributed by atoms with E-state index in [-0.39, 0.29) is 22.9 Å². The zero-order valence-electron chi connectivity index (χ0n) is 11.9. The minimum Gasteiger partial charge on any atom is -0.386 e. The average molecular weight is 304 g/mol. The summed E-state index contributed by atoms with van der Waals surface area (Å²) in [6, 6.07) is 13.2. The highest BCUT2D eigenvalue weighted by Gasteiger charge is 2.37. The van der Waals surface area contributed by atoms with Crippen LogP contribution in [0.1, 0.15) is 22.6 Å². The van der Waals surface area contributed by atoms with Gasteiger partial charge in [-0.15, -0.1) is 0 Å². The second-order valence-corrected chi connectivity index (χ2v) is 5.15. The van der Waals surface area contributed by atoms with Crippen LogP contribution in [0, 0.1) is 28.6 Å². The van der Waals surface area contributed by atoms with Gasteiger partial charge in [0.1, 0.15) is 29.2 Å². The molecule has 2 heterocycles. The third-order valence-corrected chi connectivity index (χ3v) is 3.87. The molecule has 1 aromatic heterocycles. The highest BCUT2D eigenvalue weighted by molar-refractivity contribution is 5.93. The molecule has 0 saturated carbocycles. The molecule has 2 aromatic rings. The van der Waals surface area contributed by atoms with E-state index in [0.29, 0.717) is 5.56 Å². The molecule has 0 amide bonds. The lowest BCUT2D eigenvalue weighted by Crippen LogP contribution is -2.33. The van der Waals surface area contributed by atoms with E-state index in [1.54, 1.807) is 0 Å². The van der Waals surface area contributed by atoms with Crippen molar-refractivity contribution in [3.63, 3.8) is 0 Å². The van der Waals surface area contributed by atoms with Crippen LogP contribution >= 0.6 is 0 Å². The van der Waals surface area contributed by atoms with E-state index in [9.17, 15) is 15.3 Å². The zero-order chi connectivity index (χ0) is 16.6. The van der Waals surface area contributed by atoms with Crippen LogP contribution in [0.5, 0.6) is 0 Å². The number of hydrogen-bond donors (Lipinski definition) is 3. The van der Waals surface area contributed by atoms with E-state index in [0.717, 1.165) is 5.56 Å². The van der Waals surface area contributed by atoms with E-state index in [1.165, 1.54) is 0 Å². The van der Waals surface area contributed by atoms with Crippen LogP contribution in [0.2, 0.25) is 0 Å². The number of benzene rings is 1. The second kappa shape index (κ2) is 5.32. The predicted octanol–water partition coefficient (Wildman–Crippen LogP) is 1.10. The van der Waals surface area contributed by atoms with Crippen LogP contribution in [-0.2, 0) is 0 Å². The molecule has 0 radical (unpaired) electrons. The lowest BCUT2D eigenvalue weighted by Gasteiger charge is -2.29. The minimum absolute atomic E-state index is 0.0651. The summed E-state index contributed by atoms with van der Waals surface area (Å²) in [7, 11) is 0. The Kier molecular flexibility index (Phi) is 3.32. The molecule has 112 valence electrons. The molecule has 0 fully saturated rings. The van der Waals surface area contributed by atoms with Gasteiger partial charge in [0, 0.05) is 11.5 Å². The normalized spacial score (nSPS) is 19.1. The molecule has 1 aliphatic rings. The van der Waals surface area contributed by atoms with Gasteiger partial charge in [-0.3, -0.25) is 4.79 Å². The zero-order valence-corrected chi connectivity index (χ0v) is 11.9. The molecule has 3 rings (SSSR count). The number of amidine groups is 1. The van der Waals surface area contributed by atoms with Gasteiger partial charge in [0.2, 0.25) is 0 Å². The van der Waals surface area contributed by atoms with Crippen molar-refractivity contribution in [1.82, 2.24) is 4.98 Å². The van der Waals surface area contributed by atoms with Gasteiger partial charge in [-0.1, -0.05) is 30.3 Å². The monoisotopic (exact) mass is 304 g/mol. The van der Waals surface area contributed by atoms with Crippen molar-refractivity contribution in [2.75, 3.05) is 5.73 Å². The van der Waals surface area contributed by atoms with Crippen LogP contribution in [0.4, 0.5) is 11.5 Å². The predicted molar refractivity (Wildman–Crippen MR) is 84.9 cm³/mol. The van der Waals surface area contributed by atoms with Gasteiger partial charge in [0.25, 0.3) is 5.56 Å². The Bertz CT molecular complexity index is 946.